The molecule has 0 saturated carbocycles. The molecule has 0 radical (unpaired) electrons. The lowest BCUT2D eigenvalue weighted by Crippen LogP contribution is -2.27. The molecule has 18 heavy (non-hydrogen) atoms. The molecule has 0 aromatic carbocycles. The van der Waals surface area contributed by atoms with Gasteiger partial charge in [-0.15, -0.1) is 5.10 Å². The highest BCUT2D eigenvalue weighted by atomic mass is 79.9. The monoisotopic (exact) mass is 333 g/mol. The molecule has 0 fully saturated rings. The molecule has 0 aliphatic rings. The second kappa shape index (κ2) is 7.19. The smallest absolute Gasteiger partial charge is 0.264 e. The summed E-state index contributed by atoms with van der Waals surface area (Å²) in [5.41, 5.74) is 0.640. The fourth-order valence-electron chi connectivity index (χ4n) is 1.51. The van der Waals surface area contributed by atoms with Gasteiger partial charge in [-0.1, -0.05) is 47.6 Å². The zero-order chi connectivity index (χ0) is 13.6. The van der Waals surface area contributed by atoms with Gasteiger partial charge in [0.2, 0.25) is 0 Å². The average molecular weight is 334 g/mol. The summed E-state index contributed by atoms with van der Waals surface area (Å²) < 4.78 is 3.89. The maximum atomic E-state index is 12.0. The van der Waals surface area contributed by atoms with Gasteiger partial charge in [0.25, 0.3) is 5.91 Å². The summed E-state index contributed by atoms with van der Waals surface area (Å²) in [4.78, 5) is 12.7. The van der Waals surface area contributed by atoms with Crippen LogP contribution >= 0.6 is 27.5 Å². The van der Waals surface area contributed by atoms with Gasteiger partial charge >= 0.3 is 0 Å². The largest absolute Gasteiger partial charge is 0.351 e. The van der Waals surface area contributed by atoms with Crippen LogP contribution in [-0.2, 0) is 5.41 Å². The van der Waals surface area contributed by atoms with Gasteiger partial charge in [0.15, 0.2) is 0 Å². The van der Waals surface area contributed by atoms with E-state index in [2.05, 4.69) is 30.8 Å². The first-order valence-electron chi connectivity index (χ1n) is 6.14. The second-order valence-electron chi connectivity index (χ2n) is 5.21. The summed E-state index contributed by atoms with van der Waals surface area (Å²) >= 11 is 4.56. The van der Waals surface area contributed by atoms with E-state index in [-0.39, 0.29) is 11.3 Å². The Hall–Kier alpha value is -0.490. The highest BCUT2D eigenvalue weighted by Crippen LogP contribution is 2.25. The number of nitrogens with one attached hydrogen (secondary N) is 1. The van der Waals surface area contributed by atoms with E-state index in [0.29, 0.717) is 11.4 Å². The molecule has 1 aromatic heterocycles. The van der Waals surface area contributed by atoms with Gasteiger partial charge < -0.3 is 5.32 Å². The van der Waals surface area contributed by atoms with Crippen LogP contribution in [0.1, 0.15) is 55.4 Å². The fraction of sp³-hybridized carbons (Fsp3) is 0.750. The van der Waals surface area contributed by atoms with Gasteiger partial charge in [0.05, 0.1) is 5.69 Å². The van der Waals surface area contributed by atoms with E-state index in [4.69, 9.17) is 0 Å². The third-order valence-corrected chi connectivity index (χ3v) is 3.79. The number of hydrogen-bond acceptors (Lipinski definition) is 4. The number of unbranched alkanes of at least 4 members (excludes halogenated alkanes) is 2. The molecule has 1 heterocycles. The van der Waals surface area contributed by atoms with Crippen LogP contribution in [0.3, 0.4) is 0 Å². The minimum atomic E-state index is -0.143. The summed E-state index contributed by atoms with van der Waals surface area (Å²) in [6.07, 6.45) is 3.28. The summed E-state index contributed by atoms with van der Waals surface area (Å²) in [6.45, 7) is 6.83. The van der Waals surface area contributed by atoms with Crippen LogP contribution in [0.15, 0.2) is 0 Å². The summed E-state index contributed by atoms with van der Waals surface area (Å²) in [6, 6.07) is 0. The van der Waals surface area contributed by atoms with Crippen molar-refractivity contribution in [3.63, 3.8) is 0 Å². The highest BCUT2D eigenvalue weighted by Gasteiger charge is 2.25. The lowest BCUT2D eigenvalue weighted by molar-refractivity contribution is 0.0954. The maximum absolute atomic E-state index is 12.0. The van der Waals surface area contributed by atoms with Gasteiger partial charge in [-0.05, 0) is 24.4 Å². The molecule has 4 nitrogen and oxygen atoms in total. The molecule has 1 N–H and O–H groups in total. The molecule has 1 amide bonds. The Morgan fingerprint density at radius 1 is 1.33 bits per heavy atom. The Morgan fingerprint density at radius 2 is 2.06 bits per heavy atom. The van der Waals surface area contributed by atoms with Crippen molar-refractivity contribution in [1.82, 2.24) is 14.9 Å². The molecule has 1 aromatic rings. The van der Waals surface area contributed by atoms with Gasteiger partial charge in [-0.2, -0.15) is 0 Å². The van der Waals surface area contributed by atoms with E-state index >= 15 is 0 Å². The van der Waals surface area contributed by atoms with Gasteiger partial charge in [0.1, 0.15) is 4.88 Å². The number of nitrogens with zero attached hydrogens (tertiary/aromatic N) is 2. The average Bonchev–Trinajstić information content (AvgIpc) is 2.77. The van der Waals surface area contributed by atoms with Gasteiger partial charge in [-0.3, -0.25) is 4.79 Å². The number of halogens is 1. The molecule has 6 heteroatoms. The third kappa shape index (κ3) is 4.65. The van der Waals surface area contributed by atoms with Crippen LogP contribution in [0.5, 0.6) is 0 Å². The highest BCUT2D eigenvalue weighted by molar-refractivity contribution is 9.09. The maximum Gasteiger partial charge on any atom is 0.264 e. The number of aromatic nitrogens is 2. The van der Waals surface area contributed by atoms with E-state index in [9.17, 15) is 4.79 Å². The first-order chi connectivity index (χ1) is 8.46. The third-order valence-electron chi connectivity index (χ3n) is 2.50. The molecule has 0 saturated heterocycles. The molecule has 0 aliphatic heterocycles. The van der Waals surface area contributed by atoms with E-state index < -0.39 is 0 Å². The van der Waals surface area contributed by atoms with Crippen LogP contribution in [0, 0.1) is 0 Å². The van der Waals surface area contributed by atoms with Crippen molar-refractivity contribution in [2.75, 3.05) is 11.9 Å². The van der Waals surface area contributed by atoms with E-state index in [1.54, 1.807) is 0 Å². The van der Waals surface area contributed by atoms with Crippen molar-refractivity contribution in [3.05, 3.63) is 10.6 Å². The molecule has 0 unspecified atom stereocenters. The van der Waals surface area contributed by atoms with E-state index in [1.807, 2.05) is 20.8 Å². The molecule has 102 valence electrons. The van der Waals surface area contributed by atoms with Crippen LogP contribution in [0.4, 0.5) is 0 Å². The predicted octanol–water partition coefficient (Wildman–Crippen LogP) is 3.13. The first-order valence-corrected chi connectivity index (χ1v) is 8.03. The first kappa shape index (κ1) is 15.6. The van der Waals surface area contributed by atoms with Crippen LogP contribution in [-0.4, -0.2) is 27.4 Å². The Bertz CT molecular complexity index is 387. The van der Waals surface area contributed by atoms with Crippen LogP contribution in [0.25, 0.3) is 0 Å². The molecular weight excluding hydrogens is 314 g/mol. The summed E-state index contributed by atoms with van der Waals surface area (Å²) in [5.74, 6) is -0.0474. The minimum Gasteiger partial charge on any atom is -0.351 e. The Labute approximate surface area is 121 Å². The number of rotatable bonds is 6. The zero-order valence-electron chi connectivity index (χ0n) is 11.1. The number of carbonyl (C=O) groups excluding carboxylic acids is 1. The topological polar surface area (TPSA) is 54.9 Å². The van der Waals surface area contributed by atoms with Crippen molar-refractivity contribution in [1.29, 1.82) is 0 Å². The molecule has 0 bridgehead atoms. The van der Waals surface area contributed by atoms with Crippen molar-refractivity contribution >= 4 is 33.4 Å². The standard InChI is InChI=1S/C12H20BrN3OS/c1-12(2,3)10-9(18-16-15-10)11(17)14-8-6-4-5-7-13/h4-8H2,1-3H3,(H,14,17). The number of carbonyl (C=O) groups is 1. The molecule has 0 spiro atoms. The van der Waals surface area contributed by atoms with Crippen molar-refractivity contribution < 1.29 is 4.79 Å². The molecule has 0 atom stereocenters. The number of hydrogen-bond donors (Lipinski definition) is 1. The second-order valence-corrected chi connectivity index (χ2v) is 6.75. The SMILES string of the molecule is CC(C)(C)c1nnsc1C(=O)NCCCCCBr. The lowest BCUT2D eigenvalue weighted by Gasteiger charge is -2.16. The Morgan fingerprint density at radius 3 is 2.67 bits per heavy atom. The van der Waals surface area contributed by atoms with Gasteiger partial charge in [0, 0.05) is 17.3 Å². The number of amides is 1. The van der Waals surface area contributed by atoms with E-state index in [1.165, 1.54) is 11.5 Å². The van der Waals surface area contributed by atoms with Crippen molar-refractivity contribution in [2.45, 2.75) is 45.4 Å². The summed E-state index contributed by atoms with van der Waals surface area (Å²) in [7, 11) is 0. The predicted molar refractivity (Wildman–Crippen MR) is 78.6 cm³/mol. The molecular formula is C12H20BrN3OS. The van der Waals surface area contributed by atoms with E-state index in [0.717, 1.165) is 30.3 Å². The van der Waals surface area contributed by atoms with Crippen LogP contribution < -0.4 is 5.32 Å². The number of alkyl halides is 1. The molecule has 1 rings (SSSR count). The minimum absolute atomic E-state index is 0.0474. The Balaban J connectivity index is 2.50. The normalized spacial score (nSPS) is 11.6. The zero-order valence-corrected chi connectivity index (χ0v) is 13.5. The van der Waals surface area contributed by atoms with Crippen molar-refractivity contribution in [2.24, 2.45) is 0 Å². The fourth-order valence-corrected chi connectivity index (χ4v) is 2.70. The molecule has 0 aliphatic carbocycles. The summed E-state index contributed by atoms with van der Waals surface area (Å²) in [5, 5.41) is 8.02. The van der Waals surface area contributed by atoms with Crippen molar-refractivity contribution in [3.8, 4) is 0 Å². The Kier molecular flexibility index (Phi) is 6.21. The lowest BCUT2D eigenvalue weighted by atomic mass is 9.91. The quantitative estimate of drug-likeness (QED) is 0.642. The van der Waals surface area contributed by atoms with Gasteiger partial charge in [-0.25, -0.2) is 0 Å². The van der Waals surface area contributed by atoms with Crippen LogP contribution in [0.2, 0.25) is 0 Å².